The number of aromatic nitrogens is 1. The number of nitrogens with zero attached hydrogens (tertiary/aromatic N) is 3. The molecule has 6 nitrogen and oxygen atoms in total. The van der Waals surface area contributed by atoms with Crippen molar-refractivity contribution < 1.29 is 14.3 Å². The second-order valence-electron chi connectivity index (χ2n) is 6.39. The minimum Gasteiger partial charge on any atom is -0.480 e. The molecule has 1 aliphatic rings. The van der Waals surface area contributed by atoms with Crippen molar-refractivity contribution in [3.05, 3.63) is 84.6 Å². The Balaban J connectivity index is 1.62. The van der Waals surface area contributed by atoms with E-state index in [4.69, 9.17) is 4.74 Å². The fraction of sp³-hybridized carbons (Fsp3) is 0.136. The third kappa shape index (κ3) is 3.71. The number of hydrogen-bond donors (Lipinski definition) is 0. The van der Waals surface area contributed by atoms with Crippen molar-refractivity contribution in [3.63, 3.8) is 0 Å². The normalized spacial score (nSPS) is 12.9. The molecule has 0 radical (unpaired) electrons. The smallest absolute Gasteiger partial charge is 0.266 e. The summed E-state index contributed by atoms with van der Waals surface area (Å²) in [6.07, 6.45) is 1.58. The van der Waals surface area contributed by atoms with Gasteiger partial charge in [0, 0.05) is 11.9 Å². The van der Waals surface area contributed by atoms with Crippen LogP contribution in [0.4, 0.5) is 11.5 Å². The van der Waals surface area contributed by atoms with Gasteiger partial charge in [0.15, 0.2) is 18.2 Å². The summed E-state index contributed by atoms with van der Waals surface area (Å²) in [6.45, 7) is 0.210. The van der Waals surface area contributed by atoms with E-state index in [1.165, 1.54) is 4.90 Å². The van der Waals surface area contributed by atoms with E-state index < -0.39 is 0 Å². The zero-order valence-corrected chi connectivity index (χ0v) is 15.2. The molecule has 1 aromatic heterocycles. The van der Waals surface area contributed by atoms with Crippen molar-refractivity contribution in [2.45, 2.75) is 6.54 Å². The van der Waals surface area contributed by atoms with E-state index in [2.05, 4.69) is 4.98 Å². The zero-order valence-electron chi connectivity index (χ0n) is 15.2. The fourth-order valence-corrected chi connectivity index (χ4v) is 3.11. The number of hydrogen-bond acceptors (Lipinski definition) is 4. The highest BCUT2D eigenvalue weighted by Crippen LogP contribution is 2.29. The van der Waals surface area contributed by atoms with Crippen LogP contribution in [0.2, 0.25) is 0 Å². The third-order valence-electron chi connectivity index (χ3n) is 4.50. The molecule has 0 N–H and O–H groups in total. The van der Waals surface area contributed by atoms with Crippen LogP contribution in [0.1, 0.15) is 5.56 Å². The summed E-state index contributed by atoms with van der Waals surface area (Å²) in [5.41, 5.74) is 1.78. The van der Waals surface area contributed by atoms with Crippen molar-refractivity contribution in [3.8, 4) is 5.75 Å². The first-order valence-corrected chi connectivity index (χ1v) is 9.00. The summed E-state index contributed by atoms with van der Waals surface area (Å²) in [5.74, 6) is 0.401. The molecule has 28 heavy (non-hydrogen) atoms. The number of rotatable bonds is 5. The molecule has 140 valence electrons. The summed E-state index contributed by atoms with van der Waals surface area (Å²) < 4.78 is 5.41. The van der Waals surface area contributed by atoms with Gasteiger partial charge in [0.25, 0.3) is 5.91 Å². The Morgan fingerprint density at radius 3 is 2.46 bits per heavy atom. The number of anilines is 2. The zero-order chi connectivity index (χ0) is 19.3. The summed E-state index contributed by atoms with van der Waals surface area (Å²) in [6, 6.07) is 22.7. The fourth-order valence-electron chi connectivity index (χ4n) is 3.11. The number of fused-ring (bicyclic) bond motifs is 1. The Morgan fingerprint density at radius 2 is 1.71 bits per heavy atom. The van der Waals surface area contributed by atoms with Crippen LogP contribution in [-0.2, 0) is 16.1 Å². The van der Waals surface area contributed by atoms with Crippen LogP contribution in [0.3, 0.4) is 0 Å². The average Bonchev–Trinajstić information content (AvgIpc) is 2.75. The molecule has 0 unspecified atom stereocenters. The highest BCUT2D eigenvalue weighted by molar-refractivity contribution is 6.05. The third-order valence-corrected chi connectivity index (χ3v) is 4.50. The molecule has 0 spiro atoms. The van der Waals surface area contributed by atoms with E-state index in [0.29, 0.717) is 18.1 Å². The number of ether oxygens (including phenoxy) is 1. The first-order valence-electron chi connectivity index (χ1n) is 9.00. The number of carbonyl (C=O) groups is 2. The highest BCUT2D eigenvalue weighted by Gasteiger charge is 2.30. The molecular weight excluding hydrogens is 354 g/mol. The van der Waals surface area contributed by atoms with Crippen molar-refractivity contribution in [1.29, 1.82) is 0 Å². The minimum atomic E-state index is -0.285. The summed E-state index contributed by atoms with van der Waals surface area (Å²) in [4.78, 5) is 32.9. The SMILES string of the molecule is O=C(CN1C(=O)COc2cccnc21)N(Cc1ccccc1)c1ccccc1. The summed E-state index contributed by atoms with van der Waals surface area (Å²) in [5, 5.41) is 0. The summed E-state index contributed by atoms with van der Waals surface area (Å²) in [7, 11) is 0. The Bertz CT molecular complexity index is 977. The second kappa shape index (κ2) is 7.92. The van der Waals surface area contributed by atoms with Gasteiger partial charge in [-0.05, 0) is 29.8 Å². The molecule has 4 rings (SSSR count). The van der Waals surface area contributed by atoms with E-state index in [0.717, 1.165) is 11.3 Å². The van der Waals surface area contributed by atoms with Crippen LogP contribution in [0.15, 0.2) is 79.0 Å². The molecule has 2 heterocycles. The van der Waals surface area contributed by atoms with E-state index >= 15 is 0 Å². The molecule has 0 atom stereocenters. The molecule has 6 heteroatoms. The highest BCUT2D eigenvalue weighted by atomic mass is 16.5. The van der Waals surface area contributed by atoms with E-state index in [9.17, 15) is 9.59 Å². The van der Waals surface area contributed by atoms with E-state index in [-0.39, 0.29) is 25.0 Å². The lowest BCUT2D eigenvalue weighted by molar-refractivity contribution is -0.124. The summed E-state index contributed by atoms with van der Waals surface area (Å²) >= 11 is 0. The van der Waals surface area contributed by atoms with Crippen molar-refractivity contribution in [1.82, 2.24) is 4.98 Å². The lowest BCUT2D eigenvalue weighted by Gasteiger charge is -2.30. The van der Waals surface area contributed by atoms with Crippen LogP contribution in [0.5, 0.6) is 5.75 Å². The Labute approximate surface area is 163 Å². The topological polar surface area (TPSA) is 62.7 Å². The van der Waals surface area contributed by atoms with Crippen LogP contribution < -0.4 is 14.5 Å². The maximum Gasteiger partial charge on any atom is 0.266 e. The first kappa shape index (κ1) is 17.7. The van der Waals surface area contributed by atoms with Gasteiger partial charge in [0.05, 0.1) is 6.54 Å². The maximum absolute atomic E-state index is 13.2. The largest absolute Gasteiger partial charge is 0.480 e. The van der Waals surface area contributed by atoms with Crippen molar-refractivity contribution >= 4 is 23.3 Å². The van der Waals surface area contributed by atoms with Gasteiger partial charge in [-0.15, -0.1) is 0 Å². The van der Waals surface area contributed by atoms with Gasteiger partial charge < -0.3 is 9.64 Å². The first-order chi connectivity index (χ1) is 13.7. The lowest BCUT2D eigenvalue weighted by atomic mass is 10.2. The Morgan fingerprint density at radius 1 is 1.00 bits per heavy atom. The number of benzene rings is 2. The number of pyridine rings is 1. The van der Waals surface area contributed by atoms with Crippen LogP contribution >= 0.6 is 0 Å². The quantitative estimate of drug-likeness (QED) is 0.690. The average molecular weight is 373 g/mol. The van der Waals surface area contributed by atoms with Crippen LogP contribution in [0, 0.1) is 0 Å². The minimum absolute atomic E-state index is 0.101. The molecule has 2 aromatic carbocycles. The van der Waals surface area contributed by atoms with Crippen molar-refractivity contribution in [2.75, 3.05) is 23.0 Å². The van der Waals surface area contributed by atoms with Gasteiger partial charge in [-0.25, -0.2) is 4.98 Å². The molecule has 0 bridgehead atoms. The van der Waals surface area contributed by atoms with Gasteiger partial charge in [-0.1, -0.05) is 48.5 Å². The van der Waals surface area contributed by atoms with E-state index in [1.807, 2.05) is 60.7 Å². The molecule has 0 saturated heterocycles. The Hall–Kier alpha value is -3.67. The molecule has 2 amide bonds. The van der Waals surface area contributed by atoms with Gasteiger partial charge in [-0.3, -0.25) is 14.5 Å². The monoisotopic (exact) mass is 373 g/mol. The van der Waals surface area contributed by atoms with Crippen LogP contribution in [0.25, 0.3) is 0 Å². The predicted octanol–water partition coefficient (Wildman–Crippen LogP) is 3.04. The second-order valence-corrected chi connectivity index (χ2v) is 6.39. The van der Waals surface area contributed by atoms with E-state index in [1.54, 1.807) is 23.2 Å². The molecule has 3 aromatic rings. The molecule has 1 aliphatic heterocycles. The molecule has 0 aliphatic carbocycles. The van der Waals surface area contributed by atoms with Gasteiger partial charge in [0.2, 0.25) is 5.91 Å². The number of amides is 2. The van der Waals surface area contributed by atoms with Crippen LogP contribution in [-0.4, -0.2) is 29.9 Å². The number of carbonyl (C=O) groups excluding carboxylic acids is 2. The lowest BCUT2D eigenvalue weighted by Crippen LogP contribution is -2.46. The van der Waals surface area contributed by atoms with Gasteiger partial charge in [-0.2, -0.15) is 0 Å². The molecule has 0 saturated carbocycles. The number of para-hydroxylation sites is 1. The molecular formula is C22H19N3O3. The van der Waals surface area contributed by atoms with Crippen molar-refractivity contribution in [2.24, 2.45) is 0 Å². The molecule has 0 fully saturated rings. The standard InChI is InChI=1S/C22H19N3O3/c26-20(15-25-21(27)16-28-19-12-7-13-23-22(19)25)24(18-10-5-2-6-11-18)14-17-8-3-1-4-9-17/h1-13H,14-16H2. The predicted molar refractivity (Wildman–Crippen MR) is 106 cm³/mol. The maximum atomic E-state index is 13.2. The Kier molecular flexibility index (Phi) is 5.01. The van der Waals surface area contributed by atoms with Gasteiger partial charge >= 0.3 is 0 Å². The van der Waals surface area contributed by atoms with Gasteiger partial charge in [0.1, 0.15) is 6.54 Å².